The van der Waals surface area contributed by atoms with Crippen molar-refractivity contribution in [1.29, 1.82) is 0 Å². The Balaban J connectivity index is 2.99. The summed E-state index contributed by atoms with van der Waals surface area (Å²) in [5.74, 6) is -0.297. The molecule has 1 aromatic rings. The highest BCUT2D eigenvalue weighted by molar-refractivity contribution is 9.10. The first-order chi connectivity index (χ1) is 6.15. The highest BCUT2D eigenvalue weighted by Gasteiger charge is 2.09. The van der Waals surface area contributed by atoms with Crippen LogP contribution in [-0.4, -0.2) is 18.0 Å². The van der Waals surface area contributed by atoms with E-state index in [-0.39, 0.29) is 5.91 Å². The number of amides is 1. The van der Waals surface area contributed by atoms with Crippen LogP contribution in [-0.2, 0) is 4.84 Å². The molecule has 0 atom stereocenters. The summed E-state index contributed by atoms with van der Waals surface area (Å²) in [7, 11) is 1.39. The van der Waals surface area contributed by atoms with Crippen molar-refractivity contribution in [3.63, 3.8) is 0 Å². The Morgan fingerprint density at radius 2 is 2.38 bits per heavy atom. The fraction of sp³-hybridized carbons (Fsp3) is 0.250. The van der Waals surface area contributed by atoms with Crippen LogP contribution >= 0.6 is 15.9 Å². The van der Waals surface area contributed by atoms with Crippen LogP contribution in [0.2, 0.25) is 0 Å². The van der Waals surface area contributed by atoms with Gasteiger partial charge in [0.15, 0.2) is 0 Å². The van der Waals surface area contributed by atoms with E-state index in [0.717, 1.165) is 4.47 Å². The molecule has 1 rings (SSSR count). The third-order valence-electron chi connectivity index (χ3n) is 1.49. The van der Waals surface area contributed by atoms with Crippen molar-refractivity contribution in [1.82, 2.24) is 10.5 Å². The summed E-state index contributed by atoms with van der Waals surface area (Å²) >= 11 is 3.23. The number of aryl methyl sites for hydroxylation is 1. The molecule has 0 radical (unpaired) electrons. The molecule has 0 aliphatic rings. The average Bonchev–Trinajstić information content (AvgIpc) is 2.09. The van der Waals surface area contributed by atoms with E-state index in [0.29, 0.717) is 11.3 Å². The summed E-state index contributed by atoms with van der Waals surface area (Å²) < 4.78 is 0.763. The molecule has 70 valence electrons. The summed E-state index contributed by atoms with van der Waals surface area (Å²) in [5.41, 5.74) is 3.39. The van der Waals surface area contributed by atoms with E-state index in [1.165, 1.54) is 7.11 Å². The Morgan fingerprint density at radius 1 is 1.69 bits per heavy atom. The van der Waals surface area contributed by atoms with Crippen molar-refractivity contribution in [2.45, 2.75) is 6.92 Å². The van der Waals surface area contributed by atoms with Gasteiger partial charge >= 0.3 is 0 Å². The molecule has 5 heteroatoms. The number of pyridine rings is 1. The van der Waals surface area contributed by atoms with Crippen LogP contribution in [0.25, 0.3) is 0 Å². The highest BCUT2D eigenvalue weighted by Crippen LogP contribution is 2.12. The SMILES string of the molecule is CONC(=O)c1cc(Br)cnc1C. The van der Waals surface area contributed by atoms with Gasteiger partial charge in [-0.1, -0.05) is 0 Å². The van der Waals surface area contributed by atoms with Gasteiger partial charge in [0.05, 0.1) is 18.4 Å². The van der Waals surface area contributed by atoms with E-state index >= 15 is 0 Å². The van der Waals surface area contributed by atoms with Gasteiger partial charge in [-0.25, -0.2) is 5.48 Å². The minimum atomic E-state index is -0.297. The lowest BCUT2D eigenvalue weighted by Crippen LogP contribution is -2.23. The van der Waals surface area contributed by atoms with E-state index < -0.39 is 0 Å². The standard InChI is InChI=1S/C8H9BrN2O2/c1-5-7(8(12)11-13-2)3-6(9)4-10-5/h3-4H,1-2H3,(H,11,12). The van der Waals surface area contributed by atoms with E-state index in [9.17, 15) is 4.79 Å². The number of hydrogen-bond acceptors (Lipinski definition) is 3. The van der Waals surface area contributed by atoms with Gasteiger partial charge < -0.3 is 0 Å². The third kappa shape index (κ3) is 2.50. The van der Waals surface area contributed by atoms with Crippen LogP contribution in [0.4, 0.5) is 0 Å². The fourth-order valence-corrected chi connectivity index (χ4v) is 1.22. The molecule has 0 spiro atoms. The predicted octanol–water partition coefficient (Wildman–Crippen LogP) is 1.44. The number of nitrogens with one attached hydrogen (secondary N) is 1. The second-order valence-electron chi connectivity index (χ2n) is 2.42. The molecule has 0 saturated carbocycles. The number of hydrogen-bond donors (Lipinski definition) is 1. The van der Waals surface area contributed by atoms with Gasteiger partial charge in [-0.05, 0) is 28.9 Å². The number of nitrogens with zero attached hydrogens (tertiary/aromatic N) is 1. The third-order valence-corrected chi connectivity index (χ3v) is 1.93. The molecule has 0 saturated heterocycles. The zero-order chi connectivity index (χ0) is 9.84. The molecular weight excluding hydrogens is 236 g/mol. The van der Waals surface area contributed by atoms with Crippen LogP contribution in [0.15, 0.2) is 16.7 Å². The van der Waals surface area contributed by atoms with E-state index in [1.807, 2.05) is 0 Å². The molecule has 4 nitrogen and oxygen atoms in total. The van der Waals surface area contributed by atoms with Gasteiger partial charge in [-0.3, -0.25) is 14.6 Å². The zero-order valence-corrected chi connectivity index (χ0v) is 8.88. The number of rotatable bonds is 2. The minimum absolute atomic E-state index is 0.297. The van der Waals surface area contributed by atoms with Crippen molar-refractivity contribution in [2.24, 2.45) is 0 Å². The van der Waals surface area contributed by atoms with Gasteiger partial charge in [0.25, 0.3) is 5.91 Å². The van der Waals surface area contributed by atoms with Gasteiger partial charge in [-0.2, -0.15) is 0 Å². The Kier molecular flexibility index (Phi) is 3.39. The number of carbonyl (C=O) groups excluding carboxylic acids is 1. The number of hydroxylamine groups is 1. The molecule has 1 heterocycles. The highest BCUT2D eigenvalue weighted by atomic mass is 79.9. The first-order valence-electron chi connectivity index (χ1n) is 3.60. The summed E-state index contributed by atoms with van der Waals surface area (Å²) in [5, 5.41) is 0. The number of aromatic nitrogens is 1. The summed E-state index contributed by atoms with van der Waals surface area (Å²) in [4.78, 5) is 19.8. The molecule has 1 aromatic heterocycles. The van der Waals surface area contributed by atoms with E-state index in [2.05, 4.69) is 31.2 Å². The van der Waals surface area contributed by atoms with Gasteiger partial charge in [0.1, 0.15) is 0 Å². The maximum absolute atomic E-state index is 11.3. The zero-order valence-electron chi connectivity index (χ0n) is 7.30. The molecule has 1 N–H and O–H groups in total. The molecule has 0 unspecified atom stereocenters. The summed E-state index contributed by atoms with van der Waals surface area (Å²) in [6.07, 6.45) is 1.64. The Bertz CT molecular complexity index is 328. The number of carbonyl (C=O) groups is 1. The summed E-state index contributed by atoms with van der Waals surface area (Å²) in [6.45, 7) is 1.76. The van der Waals surface area contributed by atoms with Crippen LogP contribution in [0.1, 0.15) is 16.1 Å². The summed E-state index contributed by atoms with van der Waals surface area (Å²) in [6, 6.07) is 1.69. The lowest BCUT2D eigenvalue weighted by atomic mass is 10.2. The molecule has 0 aromatic carbocycles. The first-order valence-corrected chi connectivity index (χ1v) is 4.40. The topological polar surface area (TPSA) is 51.2 Å². The largest absolute Gasteiger partial charge is 0.277 e. The van der Waals surface area contributed by atoms with Gasteiger partial charge in [0.2, 0.25) is 0 Å². The van der Waals surface area contributed by atoms with Crippen LogP contribution in [0.3, 0.4) is 0 Å². The van der Waals surface area contributed by atoms with Crippen molar-refractivity contribution in [2.75, 3.05) is 7.11 Å². The molecule has 0 fully saturated rings. The molecule has 0 aliphatic heterocycles. The average molecular weight is 245 g/mol. The molecular formula is C8H9BrN2O2. The predicted molar refractivity (Wildman–Crippen MR) is 51.1 cm³/mol. The normalized spacial score (nSPS) is 9.77. The minimum Gasteiger partial charge on any atom is -0.277 e. The van der Waals surface area contributed by atoms with Crippen molar-refractivity contribution >= 4 is 21.8 Å². The number of halogens is 1. The maximum atomic E-state index is 11.3. The Hall–Kier alpha value is -0.940. The lowest BCUT2D eigenvalue weighted by molar-refractivity contribution is 0.0536. The quantitative estimate of drug-likeness (QED) is 0.802. The molecule has 0 aliphatic carbocycles. The van der Waals surface area contributed by atoms with Crippen molar-refractivity contribution in [3.05, 3.63) is 28.0 Å². The van der Waals surface area contributed by atoms with Gasteiger partial charge in [-0.15, -0.1) is 0 Å². The van der Waals surface area contributed by atoms with Crippen LogP contribution < -0.4 is 5.48 Å². The van der Waals surface area contributed by atoms with Gasteiger partial charge in [0, 0.05) is 10.7 Å². The second-order valence-corrected chi connectivity index (χ2v) is 3.34. The second kappa shape index (κ2) is 4.34. The molecule has 1 amide bonds. The first kappa shape index (κ1) is 10.1. The van der Waals surface area contributed by atoms with Crippen LogP contribution in [0.5, 0.6) is 0 Å². The van der Waals surface area contributed by atoms with Crippen molar-refractivity contribution < 1.29 is 9.63 Å². The molecule has 0 bridgehead atoms. The van der Waals surface area contributed by atoms with E-state index in [4.69, 9.17) is 0 Å². The molecule has 13 heavy (non-hydrogen) atoms. The smallest absolute Gasteiger partial charge is 0.276 e. The van der Waals surface area contributed by atoms with Crippen molar-refractivity contribution in [3.8, 4) is 0 Å². The monoisotopic (exact) mass is 244 g/mol. The lowest BCUT2D eigenvalue weighted by Gasteiger charge is -2.04. The van der Waals surface area contributed by atoms with Crippen LogP contribution in [0, 0.1) is 6.92 Å². The maximum Gasteiger partial charge on any atom is 0.276 e. The Labute approximate surface area is 84.4 Å². The van der Waals surface area contributed by atoms with E-state index in [1.54, 1.807) is 19.2 Å². The fourth-order valence-electron chi connectivity index (χ4n) is 0.885. The Morgan fingerprint density at radius 3 is 3.00 bits per heavy atom.